The number of hydrogen-bond acceptors (Lipinski definition) is 3. The molecule has 3 heteroatoms. The molecule has 0 aliphatic heterocycles. The van der Waals surface area contributed by atoms with Crippen molar-refractivity contribution in [3.63, 3.8) is 0 Å². The third-order valence-corrected chi connectivity index (χ3v) is 4.01. The van der Waals surface area contributed by atoms with E-state index < -0.39 is 0 Å². The van der Waals surface area contributed by atoms with Gasteiger partial charge in [0.05, 0.1) is 5.52 Å². The van der Waals surface area contributed by atoms with Gasteiger partial charge >= 0.3 is 0 Å². The van der Waals surface area contributed by atoms with Crippen LogP contribution in [0, 0.1) is 6.92 Å². The second-order valence-electron chi connectivity index (χ2n) is 5.99. The highest BCUT2D eigenvalue weighted by Crippen LogP contribution is 2.25. The van der Waals surface area contributed by atoms with Crippen LogP contribution in [0.3, 0.4) is 0 Å². The Labute approximate surface area is 128 Å². The van der Waals surface area contributed by atoms with Crippen molar-refractivity contribution in [3.8, 4) is 0 Å². The second kappa shape index (κ2) is 7.01. The number of nitrogens with zero attached hydrogens (tertiary/aromatic N) is 2. The van der Waals surface area contributed by atoms with Gasteiger partial charge in [-0.2, -0.15) is 0 Å². The van der Waals surface area contributed by atoms with E-state index >= 15 is 0 Å². The highest BCUT2D eigenvalue weighted by Gasteiger charge is 2.21. The Morgan fingerprint density at radius 2 is 1.95 bits per heavy atom. The van der Waals surface area contributed by atoms with Crippen molar-refractivity contribution >= 4 is 10.9 Å². The van der Waals surface area contributed by atoms with Crippen LogP contribution in [0.1, 0.15) is 44.5 Å². The average Bonchev–Trinajstić information content (AvgIpc) is 2.47. The minimum atomic E-state index is 0.274. The third-order valence-electron chi connectivity index (χ3n) is 4.01. The molecule has 2 aromatic rings. The van der Waals surface area contributed by atoms with Crippen LogP contribution in [0.15, 0.2) is 30.3 Å². The predicted molar refractivity (Wildman–Crippen MR) is 90.4 cm³/mol. The van der Waals surface area contributed by atoms with E-state index in [1.54, 1.807) is 0 Å². The summed E-state index contributed by atoms with van der Waals surface area (Å²) in [5, 5.41) is 1.19. The van der Waals surface area contributed by atoms with Crippen molar-refractivity contribution in [1.82, 2.24) is 9.88 Å². The van der Waals surface area contributed by atoms with Crippen LogP contribution >= 0.6 is 0 Å². The number of benzene rings is 1. The maximum atomic E-state index is 6.08. The normalized spacial score (nSPS) is 13.3. The van der Waals surface area contributed by atoms with Gasteiger partial charge in [0.2, 0.25) is 0 Å². The summed E-state index contributed by atoms with van der Waals surface area (Å²) in [5.74, 6) is 0. The zero-order valence-corrected chi connectivity index (χ0v) is 13.6. The standard InChI is InChI=1S/C18H27N3/c1-5-10-21(13(2)3)18(12-19)16-8-9-17-15(11-16)7-6-14(4)20-17/h6-9,11,13,18H,5,10,12,19H2,1-4H3. The molecule has 1 unspecified atom stereocenters. The summed E-state index contributed by atoms with van der Waals surface area (Å²) in [6, 6.07) is 11.5. The minimum absolute atomic E-state index is 0.274. The summed E-state index contributed by atoms with van der Waals surface area (Å²) in [7, 11) is 0. The molecule has 0 aliphatic carbocycles. The highest BCUT2D eigenvalue weighted by atomic mass is 15.2. The van der Waals surface area contributed by atoms with Crippen LogP contribution in [-0.4, -0.2) is 29.0 Å². The van der Waals surface area contributed by atoms with Crippen molar-refractivity contribution in [2.24, 2.45) is 5.73 Å². The van der Waals surface area contributed by atoms with Crippen LogP contribution < -0.4 is 5.73 Å². The van der Waals surface area contributed by atoms with Crippen molar-refractivity contribution in [1.29, 1.82) is 0 Å². The van der Waals surface area contributed by atoms with Gasteiger partial charge < -0.3 is 5.73 Å². The molecule has 114 valence electrons. The molecule has 1 heterocycles. The summed E-state index contributed by atoms with van der Waals surface area (Å²) < 4.78 is 0. The van der Waals surface area contributed by atoms with E-state index in [-0.39, 0.29) is 6.04 Å². The Kier molecular flexibility index (Phi) is 5.32. The monoisotopic (exact) mass is 285 g/mol. The van der Waals surface area contributed by atoms with Crippen LogP contribution in [-0.2, 0) is 0 Å². The summed E-state index contributed by atoms with van der Waals surface area (Å²) in [6.45, 7) is 10.4. The fourth-order valence-electron chi connectivity index (χ4n) is 2.95. The Bertz CT molecular complexity index is 592. The molecule has 0 radical (unpaired) electrons. The number of pyridine rings is 1. The van der Waals surface area contributed by atoms with Gasteiger partial charge in [-0.3, -0.25) is 9.88 Å². The Morgan fingerprint density at radius 3 is 2.57 bits per heavy atom. The molecular formula is C18H27N3. The minimum Gasteiger partial charge on any atom is -0.329 e. The summed E-state index contributed by atoms with van der Waals surface area (Å²) in [5.41, 5.74) is 9.49. The molecule has 2 rings (SSSR count). The van der Waals surface area contributed by atoms with Gasteiger partial charge in [0.25, 0.3) is 0 Å². The number of hydrogen-bond donors (Lipinski definition) is 1. The first-order valence-corrected chi connectivity index (χ1v) is 7.90. The largest absolute Gasteiger partial charge is 0.329 e. The first-order chi connectivity index (χ1) is 10.1. The number of fused-ring (bicyclic) bond motifs is 1. The van der Waals surface area contributed by atoms with E-state index in [0.717, 1.165) is 24.2 Å². The number of aryl methyl sites for hydroxylation is 1. The molecule has 0 fully saturated rings. The lowest BCUT2D eigenvalue weighted by atomic mass is 10.0. The second-order valence-corrected chi connectivity index (χ2v) is 5.99. The maximum absolute atomic E-state index is 6.08. The van der Waals surface area contributed by atoms with Crippen LogP contribution in [0.25, 0.3) is 10.9 Å². The molecule has 2 N–H and O–H groups in total. The zero-order valence-electron chi connectivity index (χ0n) is 13.6. The quantitative estimate of drug-likeness (QED) is 0.880. The van der Waals surface area contributed by atoms with Gasteiger partial charge in [-0.15, -0.1) is 0 Å². The lowest BCUT2D eigenvalue weighted by Crippen LogP contribution is -2.39. The first kappa shape index (κ1) is 15.9. The fourth-order valence-corrected chi connectivity index (χ4v) is 2.95. The van der Waals surface area contributed by atoms with Crippen molar-refractivity contribution in [2.75, 3.05) is 13.1 Å². The first-order valence-electron chi connectivity index (χ1n) is 7.90. The number of aromatic nitrogens is 1. The van der Waals surface area contributed by atoms with Gasteiger partial charge in [0, 0.05) is 29.7 Å². The Hall–Kier alpha value is -1.45. The summed E-state index contributed by atoms with van der Waals surface area (Å²) in [6.07, 6.45) is 1.14. The summed E-state index contributed by atoms with van der Waals surface area (Å²) >= 11 is 0. The SMILES string of the molecule is CCCN(C(C)C)C(CN)c1ccc2nc(C)ccc2c1. The van der Waals surface area contributed by atoms with E-state index in [1.807, 2.05) is 6.92 Å². The van der Waals surface area contributed by atoms with E-state index in [0.29, 0.717) is 12.6 Å². The molecule has 0 aliphatic rings. The van der Waals surface area contributed by atoms with E-state index in [1.165, 1.54) is 10.9 Å². The van der Waals surface area contributed by atoms with Crippen molar-refractivity contribution in [2.45, 2.75) is 46.2 Å². The van der Waals surface area contributed by atoms with Gasteiger partial charge in [-0.05, 0) is 57.5 Å². The van der Waals surface area contributed by atoms with E-state index in [4.69, 9.17) is 5.73 Å². The smallest absolute Gasteiger partial charge is 0.0705 e. The lowest BCUT2D eigenvalue weighted by molar-refractivity contribution is 0.157. The van der Waals surface area contributed by atoms with Gasteiger partial charge in [0.1, 0.15) is 0 Å². The molecule has 0 saturated carbocycles. The lowest BCUT2D eigenvalue weighted by Gasteiger charge is -2.34. The predicted octanol–water partition coefficient (Wildman–Crippen LogP) is 3.66. The topological polar surface area (TPSA) is 42.1 Å². The van der Waals surface area contributed by atoms with Crippen LogP contribution in [0.5, 0.6) is 0 Å². The molecule has 0 saturated heterocycles. The molecule has 3 nitrogen and oxygen atoms in total. The van der Waals surface area contributed by atoms with Gasteiger partial charge in [-0.1, -0.05) is 19.1 Å². The van der Waals surface area contributed by atoms with Crippen molar-refractivity contribution in [3.05, 3.63) is 41.6 Å². The van der Waals surface area contributed by atoms with E-state index in [2.05, 4.69) is 61.0 Å². The molecule has 0 bridgehead atoms. The van der Waals surface area contributed by atoms with E-state index in [9.17, 15) is 0 Å². The van der Waals surface area contributed by atoms with Crippen LogP contribution in [0.2, 0.25) is 0 Å². The van der Waals surface area contributed by atoms with Gasteiger partial charge in [0.15, 0.2) is 0 Å². The summed E-state index contributed by atoms with van der Waals surface area (Å²) in [4.78, 5) is 7.06. The third kappa shape index (κ3) is 3.60. The number of rotatable bonds is 6. The highest BCUT2D eigenvalue weighted by molar-refractivity contribution is 5.79. The number of nitrogens with two attached hydrogens (primary N) is 1. The maximum Gasteiger partial charge on any atom is 0.0705 e. The molecule has 1 aromatic heterocycles. The van der Waals surface area contributed by atoms with Crippen molar-refractivity contribution < 1.29 is 0 Å². The molecule has 0 spiro atoms. The molecular weight excluding hydrogens is 258 g/mol. The molecule has 1 atom stereocenters. The molecule has 0 amide bonds. The van der Waals surface area contributed by atoms with Gasteiger partial charge in [-0.25, -0.2) is 0 Å². The Morgan fingerprint density at radius 1 is 1.19 bits per heavy atom. The molecule has 1 aromatic carbocycles. The Balaban J connectivity index is 2.39. The average molecular weight is 285 g/mol. The van der Waals surface area contributed by atoms with Crippen LogP contribution in [0.4, 0.5) is 0 Å². The zero-order chi connectivity index (χ0) is 15.4. The molecule has 21 heavy (non-hydrogen) atoms. The fraction of sp³-hybridized carbons (Fsp3) is 0.500.